The highest BCUT2D eigenvalue weighted by atomic mass is 32.2. The van der Waals surface area contributed by atoms with Crippen LogP contribution in [0.1, 0.15) is 16.8 Å². The van der Waals surface area contributed by atoms with Crippen LogP contribution in [0.2, 0.25) is 0 Å². The van der Waals surface area contributed by atoms with Crippen molar-refractivity contribution in [1.82, 2.24) is 0 Å². The van der Waals surface area contributed by atoms with Crippen molar-refractivity contribution >= 4 is 15.8 Å². The van der Waals surface area contributed by atoms with Gasteiger partial charge in [0.1, 0.15) is 0 Å². The third-order valence-corrected chi connectivity index (χ3v) is 4.25. The van der Waals surface area contributed by atoms with Crippen LogP contribution in [0, 0.1) is 0 Å². The zero-order chi connectivity index (χ0) is 15.0. The molecule has 0 bridgehead atoms. The molecule has 0 unspecified atom stereocenters. The first kappa shape index (κ1) is 16.6. The Kier molecular flexibility index (Phi) is 6.63. The first-order valence-electron chi connectivity index (χ1n) is 6.10. The normalized spacial score (nSPS) is 11.4. The van der Waals surface area contributed by atoms with Crippen LogP contribution in [0.4, 0.5) is 0 Å². The average Bonchev–Trinajstić information content (AvgIpc) is 2.43. The van der Waals surface area contributed by atoms with Crippen LogP contribution >= 0.6 is 0 Å². The Balaban J connectivity index is 2.56. The number of sulfone groups is 1. The van der Waals surface area contributed by atoms with Gasteiger partial charge in [0.25, 0.3) is 0 Å². The molecule has 0 heterocycles. The number of benzene rings is 1. The quantitative estimate of drug-likeness (QED) is 0.690. The van der Waals surface area contributed by atoms with Gasteiger partial charge in [0.05, 0.1) is 22.8 Å². The number of carboxylic acid groups (broad SMARTS) is 1. The summed E-state index contributed by atoms with van der Waals surface area (Å²) in [4.78, 5) is 10.8. The minimum absolute atomic E-state index is 0.00195. The van der Waals surface area contributed by atoms with Crippen molar-refractivity contribution in [2.24, 2.45) is 0 Å². The van der Waals surface area contributed by atoms with Gasteiger partial charge < -0.3 is 14.6 Å². The predicted molar refractivity (Wildman–Crippen MR) is 72.8 cm³/mol. The molecule has 7 heteroatoms. The summed E-state index contributed by atoms with van der Waals surface area (Å²) in [6.07, 6.45) is 0.699. The molecule has 0 amide bonds. The summed E-state index contributed by atoms with van der Waals surface area (Å²) in [6.45, 7) is 1.06. The van der Waals surface area contributed by atoms with Crippen LogP contribution in [0.25, 0.3) is 0 Å². The van der Waals surface area contributed by atoms with Gasteiger partial charge >= 0.3 is 5.97 Å². The first-order valence-corrected chi connectivity index (χ1v) is 7.75. The first-order chi connectivity index (χ1) is 9.47. The highest BCUT2D eigenvalue weighted by Gasteiger charge is 2.16. The zero-order valence-electron chi connectivity index (χ0n) is 11.2. The lowest BCUT2D eigenvalue weighted by molar-refractivity contribution is 0.0696. The maximum atomic E-state index is 12.0. The van der Waals surface area contributed by atoms with Crippen molar-refractivity contribution in [3.63, 3.8) is 0 Å². The zero-order valence-corrected chi connectivity index (χ0v) is 12.1. The van der Waals surface area contributed by atoms with Gasteiger partial charge in [-0.3, -0.25) is 0 Å². The number of carbonyl (C=O) groups is 1. The SMILES string of the molecule is COCCCOCCS(=O)(=O)c1cccc(C(=O)O)c1. The van der Waals surface area contributed by atoms with Crippen molar-refractivity contribution in [3.05, 3.63) is 29.8 Å². The molecule has 0 fully saturated rings. The Morgan fingerprint density at radius 3 is 2.65 bits per heavy atom. The number of methoxy groups -OCH3 is 1. The van der Waals surface area contributed by atoms with E-state index in [1.54, 1.807) is 7.11 Å². The summed E-state index contributed by atoms with van der Waals surface area (Å²) >= 11 is 0. The Morgan fingerprint density at radius 2 is 2.00 bits per heavy atom. The predicted octanol–water partition coefficient (Wildman–Crippen LogP) is 1.21. The molecule has 0 saturated carbocycles. The molecule has 1 N–H and O–H groups in total. The molecule has 0 aromatic heterocycles. The molecule has 0 saturated heterocycles. The molecule has 0 atom stereocenters. The molecule has 0 radical (unpaired) electrons. The van der Waals surface area contributed by atoms with Gasteiger partial charge in [-0.15, -0.1) is 0 Å². The molecule has 1 aromatic carbocycles. The van der Waals surface area contributed by atoms with Crippen molar-refractivity contribution in [1.29, 1.82) is 0 Å². The van der Waals surface area contributed by atoms with E-state index in [-0.39, 0.29) is 22.8 Å². The van der Waals surface area contributed by atoms with Crippen molar-refractivity contribution in [2.45, 2.75) is 11.3 Å². The number of rotatable bonds is 9. The number of aromatic carboxylic acids is 1. The number of carboxylic acids is 1. The fraction of sp³-hybridized carbons (Fsp3) is 0.462. The lowest BCUT2D eigenvalue weighted by Gasteiger charge is -2.06. The van der Waals surface area contributed by atoms with Crippen LogP contribution in [0.5, 0.6) is 0 Å². The second kappa shape index (κ2) is 7.98. The Hall–Kier alpha value is -1.44. The molecular weight excluding hydrogens is 284 g/mol. The molecule has 0 aliphatic rings. The molecule has 6 nitrogen and oxygen atoms in total. The third-order valence-electron chi connectivity index (χ3n) is 2.57. The second-order valence-electron chi connectivity index (χ2n) is 4.11. The van der Waals surface area contributed by atoms with Gasteiger partial charge in [-0.1, -0.05) is 6.07 Å². The number of hydrogen-bond acceptors (Lipinski definition) is 5. The highest BCUT2D eigenvalue weighted by molar-refractivity contribution is 7.91. The Morgan fingerprint density at radius 1 is 1.25 bits per heavy atom. The van der Waals surface area contributed by atoms with Crippen molar-refractivity contribution < 1.29 is 27.8 Å². The van der Waals surface area contributed by atoms with Gasteiger partial charge in [0, 0.05) is 20.3 Å². The fourth-order valence-corrected chi connectivity index (χ4v) is 2.68. The van der Waals surface area contributed by atoms with Crippen LogP contribution < -0.4 is 0 Å². The molecule has 1 aromatic rings. The van der Waals surface area contributed by atoms with Gasteiger partial charge in [-0.2, -0.15) is 0 Å². The molecule has 20 heavy (non-hydrogen) atoms. The van der Waals surface area contributed by atoms with E-state index < -0.39 is 15.8 Å². The standard InChI is InChI=1S/C13H18O6S/c1-18-6-3-7-19-8-9-20(16,17)12-5-2-4-11(10-12)13(14)15/h2,4-5,10H,3,6-9H2,1H3,(H,14,15). The van der Waals surface area contributed by atoms with Crippen molar-refractivity contribution in [2.75, 3.05) is 32.7 Å². The van der Waals surface area contributed by atoms with Crippen LogP contribution in [-0.2, 0) is 19.3 Å². The molecule has 0 spiro atoms. The van der Waals surface area contributed by atoms with E-state index in [2.05, 4.69) is 0 Å². The van der Waals surface area contributed by atoms with E-state index >= 15 is 0 Å². The highest BCUT2D eigenvalue weighted by Crippen LogP contribution is 2.13. The third kappa shape index (κ3) is 5.28. The largest absolute Gasteiger partial charge is 0.478 e. The molecule has 112 valence electrons. The van der Waals surface area contributed by atoms with Crippen LogP contribution in [-0.4, -0.2) is 52.2 Å². The monoisotopic (exact) mass is 302 g/mol. The molecule has 1 rings (SSSR count). The summed E-state index contributed by atoms with van der Waals surface area (Å²) in [6, 6.07) is 5.30. The number of hydrogen-bond donors (Lipinski definition) is 1. The molecular formula is C13H18O6S. The Labute approximate surface area is 118 Å². The maximum absolute atomic E-state index is 12.0. The smallest absolute Gasteiger partial charge is 0.335 e. The average molecular weight is 302 g/mol. The fourth-order valence-electron chi connectivity index (χ4n) is 1.52. The van der Waals surface area contributed by atoms with E-state index in [0.717, 1.165) is 6.07 Å². The number of ether oxygens (including phenoxy) is 2. The maximum Gasteiger partial charge on any atom is 0.335 e. The summed E-state index contributed by atoms with van der Waals surface area (Å²) < 4.78 is 34.0. The van der Waals surface area contributed by atoms with Gasteiger partial charge in [-0.25, -0.2) is 13.2 Å². The Bertz CT molecular complexity index is 538. The van der Waals surface area contributed by atoms with E-state index in [1.165, 1.54) is 18.2 Å². The minimum Gasteiger partial charge on any atom is -0.478 e. The topological polar surface area (TPSA) is 89.9 Å². The van der Waals surface area contributed by atoms with Crippen LogP contribution in [0.15, 0.2) is 29.2 Å². The summed E-state index contributed by atoms with van der Waals surface area (Å²) in [5.41, 5.74) is -0.0490. The van der Waals surface area contributed by atoms with E-state index in [0.29, 0.717) is 19.6 Å². The summed E-state index contributed by atoms with van der Waals surface area (Å²) in [7, 11) is -1.95. The van der Waals surface area contributed by atoms with E-state index in [9.17, 15) is 13.2 Å². The van der Waals surface area contributed by atoms with Gasteiger partial charge in [0.15, 0.2) is 9.84 Å². The van der Waals surface area contributed by atoms with Gasteiger partial charge in [-0.05, 0) is 24.6 Å². The second-order valence-corrected chi connectivity index (χ2v) is 6.22. The lowest BCUT2D eigenvalue weighted by Crippen LogP contribution is -2.14. The minimum atomic E-state index is -3.53. The molecule has 0 aliphatic heterocycles. The van der Waals surface area contributed by atoms with Gasteiger partial charge in [0.2, 0.25) is 0 Å². The summed E-state index contributed by atoms with van der Waals surface area (Å²) in [5, 5.41) is 8.84. The van der Waals surface area contributed by atoms with Crippen LogP contribution in [0.3, 0.4) is 0 Å². The summed E-state index contributed by atoms with van der Waals surface area (Å²) in [5.74, 6) is -1.33. The van der Waals surface area contributed by atoms with Crippen molar-refractivity contribution in [3.8, 4) is 0 Å². The lowest BCUT2D eigenvalue weighted by atomic mass is 10.2. The van der Waals surface area contributed by atoms with E-state index in [4.69, 9.17) is 14.6 Å². The van der Waals surface area contributed by atoms with E-state index in [1.807, 2.05) is 0 Å². The molecule has 0 aliphatic carbocycles.